The lowest BCUT2D eigenvalue weighted by atomic mass is 9.93. The van der Waals surface area contributed by atoms with Crippen molar-refractivity contribution in [3.05, 3.63) is 35.9 Å². The number of ether oxygens (including phenoxy) is 1. The molecule has 0 aromatic heterocycles. The SMILES string of the molecule is CCC(C(=O)OC(C)c1ccccc1)C(C)C. The van der Waals surface area contributed by atoms with Crippen LogP contribution in [0.5, 0.6) is 0 Å². The largest absolute Gasteiger partial charge is 0.458 e. The van der Waals surface area contributed by atoms with Crippen molar-refractivity contribution in [2.24, 2.45) is 11.8 Å². The Morgan fingerprint density at radius 3 is 2.24 bits per heavy atom. The molecule has 1 aromatic rings. The van der Waals surface area contributed by atoms with Crippen LogP contribution in [0.4, 0.5) is 0 Å². The molecule has 0 aliphatic rings. The summed E-state index contributed by atoms with van der Waals surface area (Å²) in [6, 6.07) is 9.84. The molecule has 0 heterocycles. The van der Waals surface area contributed by atoms with Gasteiger partial charge in [-0.25, -0.2) is 0 Å². The van der Waals surface area contributed by atoms with Gasteiger partial charge in [-0.15, -0.1) is 0 Å². The zero-order chi connectivity index (χ0) is 12.8. The number of carbonyl (C=O) groups excluding carboxylic acids is 1. The van der Waals surface area contributed by atoms with Crippen LogP contribution in [0.1, 0.15) is 45.8 Å². The maximum Gasteiger partial charge on any atom is 0.309 e. The molecule has 2 nitrogen and oxygen atoms in total. The first-order valence-corrected chi connectivity index (χ1v) is 6.31. The number of hydrogen-bond acceptors (Lipinski definition) is 2. The lowest BCUT2D eigenvalue weighted by Crippen LogP contribution is -2.23. The highest BCUT2D eigenvalue weighted by molar-refractivity contribution is 5.72. The minimum atomic E-state index is -0.170. The minimum Gasteiger partial charge on any atom is -0.458 e. The first-order valence-electron chi connectivity index (χ1n) is 6.31. The van der Waals surface area contributed by atoms with Crippen LogP contribution >= 0.6 is 0 Å². The Kier molecular flexibility index (Phi) is 5.20. The van der Waals surface area contributed by atoms with Crippen LogP contribution in [0, 0.1) is 11.8 Å². The van der Waals surface area contributed by atoms with Crippen LogP contribution < -0.4 is 0 Å². The molecule has 0 aliphatic heterocycles. The Morgan fingerprint density at radius 1 is 1.18 bits per heavy atom. The average molecular weight is 234 g/mol. The molecule has 0 aliphatic carbocycles. The van der Waals surface area contributed by atoms with E-state index in [1.165, 1.54) is 0 Å². The third-order valence-corrected chi connectivity index (χ3v) is 3.11. The maximum atomic E-state index is 12.0. The summed E-state index contributed by atoms with van der Waals surface area (Å²) in [5, 5.41) is 0. The molecule has 0 amide bonds. The van der Waals surface area contributed by atoms with Crippen molar-refractivity contribution in [1.82, 2.24) is 0 Å². The fraction of sp³-hybridized carbons (Fsp3) is 0.533. The lowest BCUT2D eigenvalue weighted by Gasteiger charge is -2.21. The summed E-state index contributed by atoms with van der Waals surface area (Å²) in [5.41, 5.74) is 1.04. The lowest BCUT2D eigenvalue weighted by molar-refractivity contribution is -0.155. The number of benzene rings is 1. The third kappa shape index (κ3) is 3.88. The Hall–Kier alpha value is -1.31. The van der Waals surface area contributed by atoms with Gasteiger partial charge in [-0.2, -0.15) is 0 Å². The van der Waals surface area contributed by atoms with E-state index < -0.39 is 0 Å². The molecule has 0 radical (unpaired) electrons. The molecule has 1 rings (SSSR count). The summed E-state index contributed by atoms with van der Waals surface area (Å²) in [7, 11) is 0. The average Bonchev–Trinajstić information content (AvgIpc) is 2.30. The van der Waals surface area contributed by atoms with Gasteiger partial charge >= 0.3 is 5.97 Å². The second-order valence-corrected chi connectivity index (χ2v) is 4.75. The van der Waals surface area contributed by atoms with Gasteiger partial charge in [0.05, 0.1) is 5.92 Å². The number of rotatable bonds is 5. The van der Waals surface area contributed by atoms with E-state index in [0.29, 0.717) is 5.92 Å². The smallest absolute Gasteiger partial charge is 0.309 e. The van der Waals surface area contributed by atoms with Gasteiger partial charge in [-0.05, 0) is 24.8 Å². The van der Waals surface area contributed by atoms with Crippen LogP contribution in [0.2, 0.25) is 0 Å². The molecule has 0 spiro atoms. The van der Waals surface area contributed by atoms with Crippen molar-refractivity contribution < 1.29 is 9.53 Å². The Bertz CT molecular complexity index is 343. The van der Waals surface area contributed by atoms with Gasteiger partial charge in [0.15, 0.2) is 0 Å². The maximum absolute atomic E-state index is 12.0. The molecule has 2 unspecified atom stereocenters. The van der Waals surface area contributed by atoms with Gasteiger partial charge in [0.1, 0.15) is 6.10 Å². The van der Waals surface area contributed by atoms with Gasteiger partial charge in [-0.1, -0.05) is 51.1 Å². The topological polar surface area (TPSA) is 26.3 Å². The highest BCUT2D eigenvalue weighted by Gasteiger charge is 2.23. The third-order valence-electron chi connectivity index (χ3n) is 3.11. The van der Waals surface area contributed by atoms with E-state index in [9.17, 15) is 4.79 Å². The number of esters is 1. The number of carbonyl (C=O) groups is 1. The monoisotopic (exact) mass is 234 g/mol. The van der Waals surface area contributed by atoms with Crippen molar-refractivity contribution in [2.45, 2.75) is 40.2 Å². The van der Waals surface area contributed by atoms with Gasteiger partial charge in [0, 0.05) is 0 Å². The van der Waals surface area contributed by atoms with Crippen LogP contribution in [-0.2, 0) is 9.53 Å². The molecular formula is C15H22O2. The molecule has 0 N–H and O–H groups in total. The van der Waals surface area contributed by atoms with Gasteiger partial charge < -0.3 is 4.74 Å². The van der Waals surface area contributed by atoms with E-state index in [0.717, 1.165) is 12.0 Å². The Labute approximate surface area is 104 Å². The van der Waals surface area contributed by atoms with Gasteiger partial charge in [0.2, 0.25) is 0 Å². The second kappa shape index (κ2) is 6.43. The number of hydrogen-bond donors (Lipinski definition) is 0. The summed E-state index contributed by atoms with van der Waals surface area (Å²) in [4.78, 5) is 12.0. The van der Waals surface area contributed by atoms with Crippen molar-refractivity contribution in [3.8, 4) is 0 Å². The molecular weight excluding hydrogens is 212 g/mol. The minimum absolute atomic E-state index is 0.00108. The van der Waals surface area contributed by atoms with E-state index in [1.54, 1.807) is 0 Å². The quantitative estimate of drug-likeness (QED) is 0.720. The van der Waals surface area contributed by atoms with Crippen molar-refractivity contribution in [3.63, 3.8) is 0 Å². The molecule has 2 heteroatoms. The first kappa shape index (κ1) is 13.8. The van der Waals surface area contributed by atoms with Crippen molar-refractivity contribution >= 4 is 5.97 Å². The van der Waals surface area contributed by atoms with Crippen molar-refractivity contribution in [1.29, 1.82) is 0 Å². The first-order chi connectivity index (χ1) is 8.06. The Balaban J connectivity index is 2.63. The van der Waals surface area contributed by atoms with E-state index in [2.05, 4.69) is 13.8 Å². The van der Waals surface area contributed by atoms with E-state index in [4.69, 9.17) is 4.74 Å². The second-order valence-electron chi connectivity index (χ2n) is 4.75. The van der Waals surface area contributed by atoms with Crippen LogP contribution in [0.25, 0.3) is 0 Å². The zero-order valence-corrected chi connectivity index (χ0v) is 11.1. The molecule has 1 aromatic carbocycles. The molecule has 0 fully saturated rings. The summed E-state index contributed by atoms with van der Waals surface area (Å²) in [6.45, 7) is 8.06. The highest BCUT2D eigenvalue weighted by Crippen LogP contribution is 2.22. The fourth-order valence-corrected chi connectivity index (χ4v) is 1.96. The fourth-order valence-electron chi connectivity index (χ4n) is 1.96. The predicted octanol–water partition coefficient (Wildman–Crippen LogP) is 3.97. The Morgan fingerprint density at radius 2 is 1.76 bits per heavy atom. The molecule has 0 bridgehead atoms. The van der Waals surface area contributed by atoms with Crippen LogP contribution in [0.15, 0.2) is 30.3 Å². The van der Waals surface area contributed by atoms with Crippen LogP contribution in [0.3, 0.4) is 0 Å². The normalized spacial score (nSPS) is 14.4. The summed E-state index contributed by atoms with van der Waals surface area (Å²) in [6.07, 6.45) is 0.661. The zero-order valence-electron chi connectivity index (χ0n) is 11.1. The molecule has 94 valence electrons. The van der Waals surface area contributed by atoms with Crippen molar-refractivity contribution in [2.75, 3.05) is 0 Å². The molecule has 17 heavy (non-hydrogen) atoms. The van der Waals surface area contributed by atoms with Gasteiger partial charge in [0.25, 0.3) is 0 Å². The van der Waals surface area contributed by atoms with E-state index in [-0.39, 0.29) is 18.0 Å². The van der Waals surface area contributed by atoms with Gasteiger partial charge in [-0.3, -0.25) is 4.79 Å². The van der Waals surface area contributed by atoms with Crippen LogP contribution in [-0.4, -0.2) is 5.97 Å². The summed E-state index contributed by atoms with van der Waals surface area (Å²) < 4.78 is 5.51. The predicted molar refractivity (Wildman–Crippen MR) is 69.6 cm³/mol. The molecule has 0 saturated heterocycles. The standard InChI is InChI=1S/C15H22O2/c1-5-14(11(2)3)15(16)17-12(4)13-9-7-6-8-10-13/h6-12,14H,5H2,1-4H3. The van der Waals surface area contributed by atoms with E-state index >= 15 is 0 Å². The summed E-state index contributed by atoms with van der Waals surface area (Å²) >= 11 is 0. The van der Waals surface area contributed by atoms with E-state index in [1.807, 2.05) is 44.2 Å². The highest BCUT2D eigenvalue weighted by atomic mass is 16.5. The summed E-state index contributed by atoms with van der Waals surface area (Å²) in [5.74, 6) is 0.246. The molecule has 0 saturated carbocycles. The molecule has 2 atom stereocenters.